The van der Waals surface area contributed by atoms with E-state index in [2.05, 4.69) is 5.32 Å². The van der Waals surface area contributed by atoms with Gasteiger partial charge in [-0.1, -0.05) is 12.1 Å². The first-order chi connectivity index (χ1) is 10.4. The average Bonchev–Trinajstić information content (AvgIpc) is 2.48. The highest BCUT2D eigenvalue weighted by atomic mass is 19.1. The Labute approximate surface area is 129 Å². The smallest absolute Gasteiger partial charge is 0.221 e. The molecule has 1 amide bonds. The summed E-state index contributed by atoms with van der Waals surface area (Å²) in [5.41, 5.74) is -0.194. The van der Waals surface area contributed by atoms with Crippen molar-refractivity contribution in [3.8, 4) is 0 Å². The van der Waals surface area contributed by atoms with Crippen LogP contribution in [0.1, 0.15) is 25.3 Å². The maximum Gasteiger partial charge on any atom is 0.221 e. The summed E-state index contributed by atoms with van der Waals surface area (Å²) in [4.78, 5) is 13.8. The fourth-order valence-corrected chi connectivity index (χ4v) is 2.44. The summed E-state index contributed by atoms with van der Waals surface area (Å²) in [6.07, 6.45) is 0.0325. The first-order valence-electron chi connectivity index (χ1n) is 7.51. The van der Waals surface area contributed by atoms with E-state index in [0.29, 0.717) is 39.0 Å². The second-order valence-corrected chi connectivity index (χ2v) is 6.08. The van der Waals surface area contributed by atoms with Gasteiger partial charge in [0.2, 0.25) is 5.91 Å². The molecule has 22 heavy (non-hydrogen) atoms. The molecule has 0 aliphatic carbocycles. The van der Waals surface area contributed by atoms with Gasteiger partial charge in [-0.05, 0) is 31.0 Å². The number of benzene rings is 1. The van der Waals surface area contributed by atoms with E-state index < -0.39 is 11.7 Å². The Balaban J connectivity index is 1.69. The summed E-state index contributed by atoms with van der Waals surface area (Å²) in [6, 6.07) is 6.00. The van der Waals surface area contributed by atoms with E-state index in [-0.39, 0.29) is 11.7 Å². The summed E-state index contributed by atoms with van der Waals surface area (Å²) in [7, 11) is 0. The lowest BCUT2D eigenvalue weighted by Crippen LogP contribution is -2.54. The fraction of sp³-hybridized carbons (Fsp3) is 0.562. The van der Waals surface area contributed by atoms with Crippen molar-refractivity contribution in [2.45, 2.75) is 38.0 Å². The van der Waals surface area contributed by atoms with Gasteiger partial charge in [0.1, 0.15) is 5.82 Å². The number of amides is 1. The van der Waals surface area contributed by atoms with Crippen LogP contribution < -0.4 is 5.32 Å². The van der Waals surface area contributed by atoms with Crippen LogP contribution in [-0.4, -0.2) is 52.4 Å². The van der Waals surface area contributed by atoms with Gasteiger partial charge in [-0.3, -0.25) is 4.79 Å². The minimum absolute atomic E-state index is 0.0869. The van der Waals surface area contributed by atoms with Gasteiger partial charge in [0.25, 0.3) is 0 Å². The van der Waals surface area contributed by atoms with Crippen molar-refractivity contribution in [3.63, 3.8) is 0 Å². The van der Waals surface area contributed by atoms with E-state index >= 15 is 0 Å². The second kappa shape index (κ2) is 7.17. The number of halogens is 1. The van der Waals surface area contributed by atoms with E-state index in [1.807, 2.05) is 4.90 Å². The topological polar surface area (TPSA) is 72.8 Å². The number of carbonyl (C=O) groups is 1. The molecule has 0 radical (unpaired) electrons. The molecule has 1 heterocycles. The summed E-state index contributed by atoms with van der Waals surface area (Å²) in [6.45, 7) is 3.58. The number of likely N-dealkylation sites (tertiary alicyclic amines) is 1. The number of β-amino-alcohol motifs (C(OH)–C–C–N with tert-alkyl or cyclic N) is 1. The Morgan fingerprint density at radius 1 is 1.45 bits per heavy atom. The molecule has 1 fully saturated rings. The summed E-state index contributed by atoms with van der Waals surface area (Å²) in [5.74, 6) is -0.384. The molecule has 2 rings (SSSR count). The van der Waals surface area contributed by atoms with Gasteiger partial charge in [0, 0.05) is 32.6 Å². The van der Waals surface area contributed by atoms with Gasteiger partial charge in [0.05, 0.1) is 11.7 Å². The normalized spacial score (nSPS) is 25.9. The highest BCUT2D eigenvalue weighted by molar-refractivity contribution is 5.76. The van der Waals surface area contributed by atoms with Gasteiger partial charge in [0.15, 0.2) is 0 Å². The Hall–Kier alpha value is -1.50. The maximum atomic E-state index is 12.8. The van der Waals surface area contributed by atoms with Crippen LogP contribution >= 0.6 is 0 Å². The maximum absolute atomic E-state index is 12.8. The number of nitrogens with one attached hydrogen (secondary N) is 1. The molecule has 0 bridgehead atoms. The van der Waals surface area contributed by atoms with E-state index in [0.717, 1.165) is 5.56 Å². The van der Waals surface area contributed by atoms with Crippen LogP contribution in [0.5, 0.6) is 0 Å². The number of piperidine rings is 1. The lowest BCUT2D eigenvalue weighted by atomic mass is 9.91. The lowest BCUT2D eigenvalue weighted by molar-refractivity contribution is -0.123. The number of hydrogen-bond acceptors (Lipinski definition) is 4. The van der Waals surface area contributed by atoms with Gasteiger partial charge in [-0.2, -0.15) is 0 Å². The molecule has 1 aliphatic heterocycles. The number of aliphatic hydroxyl groups is 2. The minimum Gasteiger partial charge on any atom is -0.389 e. The monoisotopic (exact) mass is 310 g/mol. The largest absolute Gasteiger partial charge is 0.389 e. The molecular weight excluding hydrogens is 287 g/mol. The Morgan fingerprint density at radius 2 is 2.14 bits per heavy atom. The second-order valence-electron chi connectivity index (χ2n) is 6.08. The SMILES string of the molecule is C[C@@]1(O)CCN(CCC(=O)NCc2ccc(F)cc2)C[C@H]1O. The molecule has 1 aromatic carbocycles. The first kappa shape index (κ1) is 16.9. The summed E-state index contributed by atoms with van der Waals surface area (Å²) in [5, 5.41) is 22.5. The van der Waals surface area contributed by atoms with Crippen LogP contribution in [-0.2, 0) is 11.3 Å². The number of nitrogens with zero attached hydrogens (tertiary/aromatic N) is 1. The molecule has 1 aromatic rings. The summed E-state index contributed by atoms with van der Waals surface area (Å²) >= 11 is 0. The van der Waals surface area contributed by atoms with E-state index in [1.165, 1.54) is 12.1 Å². The lowest BCUT2D eigenvalue weighted by Gasteiger charge is -2.39. The molecule has 1 saturated heterocycles. The number of carbonyl (C=O) groups excluding carboxylic acids is 1. The highest BCUT2D eigenvalue weighted by Crippen LogP contribution is 2.21. The number of aliphatic hydroxyl groups excluding tert-OH is 1. The van der Waals surface area contributed by atoms with Gasteiger partial charge in [-0.25, -0.2) is 4.39 Å². The fourth-order valence-electron chi connectivity index (χ4n) is 2.44. The third-order valence-corrected chi connectivity index (χ3v) is 4.14. The summed E-state index contributed by atoms with van der Waals surface area (Å²) < 4.78 is 12.8. The van der Waals surface area contributed by atoms with Crippen molar-refractivity contribution >= 4 is 5.91 Å². The Bertz CT molecular complexity index is 505. The zero-order valence-electron chi connectivity index (χ0n) is 12.8. The molecule has 6 heteroatoms. The van der Waals surface area contributed by atoms with Crippen LogP contribution in [0.4, 0.5) is 4.39 Å². The van der Waals surface area contributed by atoms with Crippen LogP contribution in [0.15, 0.2) is 24.3 Å². The molecule has 0 unspecified atom stereocenters. The molecule has 3 N–H and O–H groups in total. The molecule has 0 spiro atoms. The van der Waals surface area contributed by atoms with Gasteiger partial charge >= 0.3 is 0 Å². The predicted molar refractivity (Wildman–Crippen MR) is 80.6 cm³/mol. The Morgan fingerprint density at radius 3 is 2.77 bits per heavy atom. The average molecular weight is 310 g/mol. The van der Waals surface area contributed by atoms with Crippen LogP contribution in [0.25, 0.3) is 0 Å². The van der Waals surface area contributed by atoms with Crippen molar-refractivity contribution in [3.05, 3.63) is 35.6 Å². The van der Waals surface area contributed by atoms with Crippen LogP contribution in [0.3, 0.4) is 0 Å². The zero-order valence-corrected chi connectivity index (χ0v) is 12.8. The van der Waals surface area contributed by atoms with E-state index in [1.54, 1.807) is 19.1 Å². The highest BCUT2D eigenvalue weighted by Gasteiger charge is 2.36. The first-order valence-corrected chi connectivity index (χ1v) is 7.51. The molecule has 122 valence electrons. The molecular formula is C16H23FN2O3. The number of rotatable bonds is 5. The van der Waals surface area contributed by atoms with Crippen LogP contribution in [0.2, 0.25) is 0 Å². The van der Waals surface area contributed by atoms with Crippen LogP contribution in [0, 0.1) is 5.82 Å². The third-order valence-electron chi connectivity index (χ3n) is 4.14. The number of hydrogen-bond donors (Lipinski definition) is 3. The minimum atomic E-state index is -1.04. The molecule has 0 saturated carbocycles. The van der Waals surface area contributed by atoms with Crippen molar-refractivity contribution in [2.75, 3.05) is 19.6 Å². The predicted octanol–water partition coefficient (Wildman–Crippen LogP) is 0.650. The third kappa shape index (κ3) is 4.76. The van der Waals surface area contributed by atoms with E-state index in [4.69, 9.17) is 0 Å². The van der Waals surface area contributed by atoms with Gasteiger partial charge < -0.3 is 20.4 Å². The Kier molecular flexibility index (Phi) is 5.50. The zero-order chi connectivity index (χ0) is 16.2. The molecule has 0 aromatic heterocycles. The van der Waals surface area contributed by atoms with Crippen molar-refractivity contribution in [2.24, 2.45) is 0 Å². The van der Waals surface area contributed by atoms with Gasteiger partial charge in [-0.15, -0.1) is 0 Å². The quantitative estimate of drug-likeness (QED) is 0.747. The standard InChI is InChI=1S/C16H23FN2O3/c1-16(22)7-9-19(11-14(16)20)8-6-15(21)18-10-12-2-4-13(17)5-3-12/h2-5,14,20,22H,6-11H2,1H3,(H,18,21)/t14-,16-/m1/s1. The van der Waals surface area contributed by atoms with Crippen molar-refractivity contribution < 1.29 is 19.4 Å². The molecule has 2 atom stereocenters. The van der Waals surface area contributed by atoms with Crippen molar-refractivity contribution in [1.29, 1.82) is 0 Å². The van der Waals surface area contributed by atoms with Crippen molar-refractivity contribution in [1.82, 2.24) is 10.2 Å². The molecule has 1 aliphatic rings. The molecule has 5 nitrogen and oxygen atoms in total. The van der Waals surface area contributed by atoms with E-state index in [9.17, 15) is 19.4 Å².